The van der Waals surface area contributed by atoms with Crippen LogP contribution in [0.25, 0.3) is 10.8 Å². The summed E-state index contributed by atoms with van der Waals surface area (Å²) in [6.45, 7) is 0.799. The molecule has 0 N–H and O–H groups in total. The molecule has 0 saturated carbocycles. The molecule has 1 unspecified atom stereocenters. The lowest BCUT2D eigenvalue weighted by atomic mass is 10.0. The quantitative estimate of drug-likeness (QED) is 0.688. The second-order valence-electron chi connectivity index (χ2n) is 6.50. The van der Waals surface area contributed by atoms with Gasteiger partial charge < -0.3 is 9.64 Å². The molecular weight excluding hydrogens is 310 g/mol. The topological polar surface area (TPSA) is 29.5 Å². The zero-order valence-corrected chi connectivity index (χ0v) is 14.3. The minimum Gasteiger partial charge on any atom is -0.497 e. The van der Waals surface area contributed by atoms with E-state index in [4.69, 9.17) is 4.74 Å². The maximum absolute atomic E-state index is 13.1. The van der Waals surface area contributed by atoms with Gasteiger partial charge in [0.1, 0.15) is 5.75 Å². The van der Waals surface area contributed by atoms with Gasteiger partial charge in [-0.15, -0.1) is 0 Å². The second kappa shape index (κ2) is 6.60. The van der Waals surface area contributed by atoms with Gasteiger partial charge in [0.05, 0.1) is 13.2 Å². The lowest BCUT2D eigenvalue weighted by molar-refractivity contribution is 0.0735. The van der Waals surface area contributed by atoms with Crippen molar-refractivity contribution in [3.8, 4) is 5.75 Å². The largest absolute Gasteiger partial charge is 0.497 e. The molecule has 1 heterocycles. The van der Waals surface area contributed by atoms with Crippen LogP contribution < -0.4 is 4.74 Å². The minimum atomic E-state index is 0.107. The molecule has 126 valence electrons. The predicted octanol–water partition coefficient (Wildman–Crippen LogP) is 4.83. The molecular formula is C22H21NO2. The second-order valence-corrected chi connectivity index (χ2v) is 6.50. The first-order valence-corrected chi connectivity index (χ1v) is 8.70. The van der Waals surface area contributed by atoms with E-state index in [0.717, 1.165) is 47.0 Å². The standard InChI is InChI=1S/C22H21NO2/c1-25-20-9-4-8-18(15-20)21-10-5-13-23(21)22(24)19-12-11-16-6-2-3-7-17(16)14-19/h2-4,6-9,11-12,14-15,21H,5,10,13H2,1H3. The fraction of sp³-hybridized carbons (Fsp3) is 0.227. The normalized spacial score (nSPS) is 17.0. The van der Waals surface area contributed by atoms with Gasteiger partial charge in [-0.05, 0) is 53.4 Å². The number of amides is 1. The lowest BCUT2D eigenvalue weighted by Gasteiger charge is -2.25. The smallest absolute Gasteiger partial charge is 0.254 e. The number of likely N-dealkylation sites (tertiary alicyclic amines) is 1. The number of carbonyl (C=O) groups excluding carboxylic acids is 1. The number of benzene rings is 3. The highest BCUT2D eigenvalue weighted by Crippen LogP contribution is 2.34. The molecule has 0 radical (unpaired) electrons. The van der Waals surface area contributed by atoms with Crippen LogP contribution in [0.3, 0.4) is 0 Å². The van der Waals surface area contributed by atoms with Gasteiger partial charge in [0.2, 0.25) is 0 Å². The Kier molecular flexibility index (Phi) is 4.14. The monoisotopic (exact) mass is 331 g/mol. The molecule has 4 rings (SSSR count). The summed E-state index contributed by atoms with van der Waals surface area (Å²) in [6.07, 6.45) is 2.02. The van der Waals surface area contributed by atoms with Crippen LogP contribution in [0, 0.1) is 0 Å². The number of carbonyl (C=O) groups is 1. The van der Waals surface area contributed by atoms with Crippen molar-refractivity contribution in [1.29, 1.82) is 0 Å². The van der Waals surface area contributed by atoms with Gasteiger partial charge in [0, 0.05) is 12.1 Å². The first kappa shape index (κ1) is 15.7. The summed E-state index contributed by atoms with van der Waals surface area (Å²) in [6, 6.07) is 22.3. The minimum absolute atomic E-state index is 0.107. The summed E-state index contributed by atoms with van der Waals surface area (Å²) in [4.78, 5) is 15.1. The Morgan fingerprint density at radius 2 is 1.84 bits per heavy atom. The predicted molar refractivity (Wildman–Crippen MR) is 100.0 cm³/mol. The van der Waals surface area contributed by atoms with Crippen molar-refractivity contribution in [2.75, 3.05) is 13.7 Å². The molecule has 1 aliphatic heterocycles. The van der Waals surface area contributed by atoms with Gasteiger partial charge in [-0.2, -0.15) is 0 Å². The Balaban J connectivity index is 1.65. The number of hydrogen-bond acceptors (Lipinski definition) is 2. The van der Waals surface area contributed by atoms with Crippen molar-refractivity contribution in [3.05, 3.63) is 77.9 Å². The van der Waals surface area contributed by atoms with Gasteiger partial charge in [-0.25, -0.2) is 0 Å². The van der Waals surface area contributed by atoms with Crippen molar-refractivity contribution < 1.29 is 9.53 Å². The molecule has 1 saturated heterocycles. The summed E-state index contributed by atoms with van der Waals surface area (Å²) in [5, 5.41) is 2.26. The Bertz CT molecular complexity index is 919. The van der Waals surface area contributed by atoms with E-state index in [1.165, 1.54) is 0 Å². The van der Waals surface area contributed by atoms with Gasteiger partial charge in [-0.1, -0.05) is 42.5 Å². The molecule has 0 aromatic heterocycles. The first-order chi connectivity index (χ1) is 12.3. The third-order valence-corrected chi connectivity index (χ3v) is 4.99. The highest BCUT2D eigenvalue weighted by molar-refractivity contribution is 5.98. The zero-order chi connectivity index (χ0) is 17.2. The van der Waals surface area contributed by atoms with E-state index in [-0.39, 0.29) is 11.9 Å². The van der Waals surface area contributed by atoms with Crippen LogP contribution in [0.15, 0.2) is 66.7 Å². The molecule has 3 aromatic carbocycles. The lowest BCUT2D eigenvalue weighted by Crippen LogP contribution is -2.30. The van der Waals surface area contributed by atoms with Crippen LogP contribution in [0.2, 0.25) is 0 Å². The van der Waals surface area contributed by atoms with Crippen molar-refractivity contribution in [2.45, 2.75) is 18.9 Å². The number of ether oxygens (including phenoxy) is 1. The van der Waals surface area contributed by atoms with Crippen LogP contribution in [-0.2, 0) is 0 Å². The Morgan fingerprint density at radius 1 is 1.00 bits per heavy atom. The maximum atomic E-state index is 13.1. The Hall–Kier alpha value is -2.81. The van der Waals surface area contributed by atoms with Crippen molar-refractivity contribution in [2.24, 2.45) is 0 Å². The van der Waals surface area contributed by atoms with Crippen LogP contribution >= 0.6 is 0 Å². The fourth-order valence-corrected chi connectivity index (χ4v) is 3.69. The molecule has 0 aliphatic carbocycles. The fourth-order valence-electron chi connectivity index (χ4n) is 3.69. The number of nitrogens with zero attached hydrogens (tertiary/aromatic N) is 1. The molecule has 1 amide bonds. The van der Waals surface area contributed by atoms with Crippen molar-refractivity contribution in [3.63, 3.8) is 0 Å². The average molecular weight is 331 g/mol. The molecule has 3 heteroatoms. The summed E-state index contributed by atoms with van der Waals surface area (Å²) < 4.78 is 5.34. The summed E-state index contributed by atoms with van der Waals surface area (Å²) in [5.41, 5.74) is 1.90. The van der Waals surface area contributed by atoms with Gasteiger partial charge in [0.25, 0.3) is 5.91 Å². The molecule has 1 fully saturated rings. The number of hydrogen-bond donors (Lipinski definition) is 0. The maximum Gasteiger partial charge on any atom is 0.254 e. The van der Waals surface area contributed by atoms with Gasteiger partial charge >= 0.3 is 0 Å². The number of rotatable bonds is 3. The number of methoxy groups -OCH3 is 1. The third kappa shape index (κ3) is 2.98. The van der Waals surface area contributed by atoms with E-state index in [9.17, 15) is 4.79 Å². The summed E-state index contributed by atoms with van der Waals surface area (Å²) in [7, 11) is 1.67. The molecule has 0 bridgehead atoms. The van der Waals surface area contributed by atoms with E-state index in [0.29, 0.717) is 0 Å². The van der Waals surface area contributed by atoms with Crippen molar-refractivity contribution in [1.82, 2.24) is 4.90 Å². The first-order valence-electron chi connectivity index (χ1n) is 8.70. The van der Waals surface area contributed by atoms with E-state index >= 15 is 0 Å². The summed E-state index contributed by atoms with van der Waals surface area (Å²) in [5.74, 6) is 0.943. The molecule has 0 spiro atoms. The number of fused-ring (bicyclic) bond motifs is 1. The highest BCUT2D eigenvalue weighted by atomic mass is 16.5. The van der Waals surface area contributed by atoms with Crippen LogP contribution in [-0.4, -0.2) is 24.5 Å². The Labute approximate surface area is 147 Å². The summed E-state index contributed by atoms with van der Waals surface area (Å²) >= 11 is 0. The van der Waals surface area contributed by atoms with Crippen molar-refractivity contribution >= 4 is 16.7 Å². The third-order valence-electron chi connectivity index (χ3n) is 4.99. The average Bonchev–Trinajstić information content (AvgIpc) is 3.17. The van der Waals surface area contributed by atoms with E-state index in [2.05, 4.69) is 18.2 Å². The molecule has 1 aliphatic rings. The molecule has 1 atom stereocenters. The highest BCUT2D eigenvalue weighted by Gasteiger charge is 2.30. The van der Waals surface area contributed by atoms with Crippen LogP contribution in [0.1, 0.15) is 34.8 Å². The SMILES string of the molecule is COc1cccc(C2CCCN2C(=O)c2ccc3ccccc3c2)c1. The Morgan fingerprint density at radius 3 is 2.68 bits per heavy atom. The molecule has 25 heavy (non-hydrogen) atoms. The van der Waals surface area contributed by atoms with E-state index in [1.54, 1.807) is 7.11 Å². The van der Waals surface area contributed by atoms with Crippen LogP contribution in [0.4, 0.5) is 0 Å². The zero-order valence-electron chi connectivity index (χ0n) is 14.3. The van der Waals surface area contributed by atoms with Gasteiger partial charge in [0.15, 0.2) is 0 Å². The van der Waals surface area contributed by atoms with E-state index in [1.807, 2.05) is 53.4 Å². The van der Waals surface area contributed by atoms with Crippen LogP contribution in [0.5, 0.6) is 5.75 Å². The van der Waals surface area contributed by atoms with E-state index < -0.39 is 0 Å². The molecule has 3 nitrogen and oxygen atoms in total. The molecule has 3 aromatic rings. The van der Waals surface area contributed by atoms with Gasteiger partial charge in [-0.3, -0.25) is 4.79 Å².